The number of aromatic amines is 1. The van der Waals surface area contributed by atoms with Crippen LogP contribution >= 0.6 is 0 Å². The van der Waals surface area contributed by atoms with Crippen molar-refractivity contribution < 1.29 is 13.6 Å². The number of carbonyl (C=O) groups excluding carboxylic acids is 1. The Morgan fingerprint density at radius 1 is 1.39 bits per heavy atom. The Labute approximate surface area is 132 Å². The van der Waals surface area contributed by atoms with E-state index in [1.54, 1.807) is 30.0 Å². The highest BCUT2D eigenvalue weighted by Crippen LogP contribution is 2.31. The molecule has 2 heterocycles. The van der Waals surface area contributed by atoms with E-state index in [1.807, 2.05) is 0 Å². The molecule has 0 saturated carbocycles. The van der Waals surface area contributed by atoms with Gasteiger partial charge >= 0.3 is 0 Å². The summed E-state index contributed by atoms with van der Waals surface area (Å²) in [4.78, 5) is 18.2. The molecule has 2 unspecified atom stereocenters. The number of nitrogens with zero attached hydrogens (tertiary/aromatic N) is 3. The van der Waals surface area contributed by atoms with Crippen LogP contribution in [0.3, 0.4) is 0 Å². The lowest BCUT2D eigenvalue weighted by molar-refractivity contribution is -0.129. The zero-order valence-corrected chi connectivity index (χ0v) is 12.8. The van der Waals surface area contributed by atoms with Gasteiger partial charge in [-0.2, -0.15) is 5.10 Å². The van der Waals surface area contributed by atoms with Crippen molar-refractivity contribution in [3.8, 4) is 0 Å². The molecule has 3 rings (SSSR count). The summed E-state index contributed by atoms with van der Waals surface area (Å²) in [5.74, 6) is 0.0379. The third kappa shape index (κ3) is 3.23. The van der Waals surface area contributed by atoms with Gasteiger partial charge in [-0.1, -0.05) is 18.2 Å². The van der Waals surface area contributed by atoms with Crippen molar-refractivity contribution in [3.05, 3.63) is 47.3 Å². The Balaban J connectivity index is 1.72. The fourth-order valence-corrected chi connectivity index (χ4v) is 2.97. The van der Waals surface area contributed by atoms with Crippen LogP contribution in [0.25, 0.3) is 0 Å². The van der Waals surface area contributed by atoms with Crippen LogP contribution < -0.4 is 0 Å². The molecular weight excluding hydrogens is 302 g/mol. The number of nitrogens with one attached hydrogen (secondary N) is 1. The average molecular weight is 320 g/mol. The molecule has 2 atom stereocenters. The molecule has 0 bridgehead atoms. The molecule has 0 spiro atoms. The highest BCUT2D eigenvalue weighted by molar-refractivity contribution is 5.79. The van der Waals surface area contributed by atoms with Crippen LogP contribution in [-0.2, 0) is 11.2 Å². The summed E-state index contributed by atoms with van der Waals surface area (Å²) in [5.41, 5.74) is 0.353. The van der Waals surface area contributed by atoms with Crippen LogP contribution in [0, 0.1) is 18.7 Å². The van der Waals surface area contributed by atoms with Gasteiger partial charge in [0.2, 0.25) is 5.91 Å². The quantitative estimate of drug-likeness (QED) is 0.937. The van der Waals surface area contributed by atoms with Gasteiger partial charge in [-0.25, -0.2) is 9.37 Å². The molecule has 122 valence electrons. The SMILES string of the molecule is Cc1nc(C2CN(C(=O)Cc3ccccc3F)CC2CF)n[nH]1. The Hall–Kier alpha value is -2.31. The summed E-state index contributed by atoms with van der Waals surface area (Å²) in [6.07, 6.45) is -0.0224. The maximum Gasteiger partial charge on any atom is 0.227 e. The molecule has 1 amide bonds. The molecule has 7 heteroatoms. The van der Waals surface area contributed by atoms with Crippen molar-refractivity contribution in [2.24, 2.45) is 5.92 Å². The van der Waals surface area contributed by atoms with Crippen LogP contribution in [0.1, 0.15) is 23.1 Å². The largest absolute Gasteiger partial charge is 0.341 e. The molecule has 1 saturated heterocycles. The lowest BCUT2D eigenvalue weighted by atomic mass is 9.97. The van der Waals surface area contributed by atoms with E-state index >= 15 is 0 Å². The number of benzene rings is 1. The van der Waals surface area contributed by atoms with Gasteiger partial charge in [0, 0.05) is 24.9 Å². The monoisotopic (exact) mass is 320 g/mol. The number of aryl methyl sites for hydroxylation is 1. The third-order valence-electron chi connectivity index (χ3n) is 4.24. The molecule has 23 heavy (non-hydrogen) atoms. The molecule has 1 aromatic heterocycles. The first kappa shape index (κ1) is 15.6. The van der Waals surface area contributed by atoms with Gasteiger partial charge in [0.15, 0.2) is 5.82 Å². The summed E-state index contributed by atoms with van der Waals surface area (Å²) < 4.78 is 27.0. The summed E-state index contributed by atoms with van der Waals surface area (Å²) in [5, 5.41) is 6.83. The normalized spacial score (nSPS) is 20.9. The molecular formula is C16H18F2N4O. The minimum absolute atomic E-state index is 0.0224. The molecule has 5 nitrogen and oxygen atoms in total. The Kier molecular flexibility index (Phi) is 4.36. The van der Waals surface area contributed by atoms with Gasteiger partial charge in [-0.05, 0) is 18.6 Å². The van der Waals surface area contributed by atoms with E-state index < -0.39 is 12.5 Å². The minimum atomic E-state index is -0.540. The number of H-pyrrole nitrogens is 1. The zero-order valence-electron chi connectivity index (χ0n) is 12.8. The van der Waals surface area contributed by atoms with Gasteiger partial charge in [-0.15, -0.1) is 0 Å². The smallest absolute Gasteiger partial charge is 0.227 e. The van der Waals surface area contributed by atoms with Gasteiger partial charge in [0.25, 0.3) is 0 Å². The number of aromatic nitrogens is 3. The van der Waals surface area contributed by atoms with E-state index in [4.69, 9.17) is 0 Å². The molecule has 0 radical (unpaired) electrons. The average Bonchev–Trinajstić information content (AvgIpc) is 3.15. The predicted molar refractivity (Wildman–Crippen MR) is 80.0 cm³/mol. The van der Waals surface area contributed by atoms with Crippen LogP contribution in [-0.4, -0.2) is 45.8 Å². The number of rotatable bonds is 4. The van der Waals surface area contributed by atoms with Crippen molar-refractivity contribution >= 4 is 5.91 Å². The van der Waals surface area contributed by atoms with Crippen LogP contribution in [0.4, 0.5) is 8.78 Å². The van der Waals surface area contributed by atoms with Crippen LogP contribution in [0.2, 0.25) is 0 Å². The fraction of sp³-hybridized carbons (Fsp3) is 0.438. The second-order valence-corrected chi connectivity index (χ2v) is 5.87. The molecule has 0 aliphatic carbocycles. The van der Waals surface area contributed by atoms with Crippen molar-refractivity contribution in [1.82, 2.24) is 20.1 Å². The Morgan fingerprint density at radius 2 is 2.17 bits per heavy atom. The number of alkyl halides is 1. The summed E-state index contributed by atoms with van der Waals surface area (Å²) in [6.45, 7) is 1.90. The van der Waals surface area contributed by atoms with Gasteiger partial charge in [-0.3, -0.25) is 14.3 Å². The Morgan fingerprint density at radius 3 is 2.83 bits per heavy atom. The van der Waals surface area contributed by atoms with E-state index in [2.05, 4.69) is 15.2 Å². The highest BCUT2D eigenvalue weighted by atomic mass is 19.1. The predicted octanol–water partition coefficient (Wildman–Crippen LogP) is 2.01. The number of amides is 1. The minimum Gasteiger partial charge on any atom is -0.341 e. The number of hydrogen-bond acceptors (Lipinski definition) is 3. The Bertz CT molecular complexity index is 703. The topological polar surface area (TPSA) is 61.9 Å². The second-order valence-electron chi connectivity index (χ2n) is 5.87. The maximum atomic E-state index is 13.7. The number of halogens is 2. The van der Waals surface area contributed by atoms with Crippen LogP contribution in [0.15, 0.2) is 24.3 Å². The van der Waals surface area contributed by atoms with Gasteiger partial charge in [0.05, 0.1) is 13.1 Å². The van der Waals surface area contributed by atoms with Crippen molar-refractivity contribution in [2.45, 2.75) is 19.3 Å². The first-order valence-corrected chi connectivity index (χ1v) is 7.54. The first-order chi connectivity index (χ1) is 11.1. The standard InChI is InChI=1S/C16H18F2N4O/c1-10-19-16(21-20-10)13-9-22(8-12(13)7-17)15(23)6-11-4-2-3-5-14(11)18/h2-5,12-13H,6-9H2,1H3,(H,19,20,21). The third-order valence-corrected chi connectivity index (χ3v) is 4.24. The fourth-order valence-electron chi connectivity index (χ4n) is 2.97. The number of hydrogen-bond donors (Lipinski definition) is 1. The van der Waals surface area contributed by atoms with E-state index in [0.29, 0.717) is 30.3 Å². The van der Waals surface area contributed by atoms with Crippen molar-refractivity contribution in [2.75, 3.05) is 19.8 Å². The zero-order chi connectivity index (χ0) is 16.4. The van der Waals surface area contributed by atoms with E-state index in [0.717, 1.165) is 0 Å². The van der Waals surface area contributed by atoms with E-state index in [9.17, 15) is 13.6 Å². The van der Waals surface area contributed by atoms with E-state index in [1.165, 1.54) is 6.07 Å². The van der Waals surface area contributed by atoms with Crippen LogP contribution in [0.5, 0.6) is 0 Å². The van der Waals surface area contributed by atoms with Crippen molar-refractivity contribution in [1.29, 1.82) is 0 Å². The lowest BCUT2D eigenvalue weighted by Crippen LogP contribution is -2.30. The lowest BCUT2D eigenvalue weighted by Gasteiger charge is -2.16. The molecule has 1 N–H and O–H groups in total. The maximum absolute atomic E-state index is 13.7. The molecule has 2 aromatic rings. The summed E-state index contributed by atoms with van der Waals surface area (Å²) >= 11 is 0. The summed E-state index contributed by atoms with van der Waals surface area (Å²) in [7, 11) is 0. The van der Waals surface area contributed by atoms with E-state index in [-0.39, 0.29) is 24.2 Å². The molecule has 1 fully saturated rings. The van der Waals surface area contributed by atoms with Gasteiger partial charge < -0.3 is 4.90 Å². The molecule has 1 aliphatic heterocycles. The number of likely N-dealkylation sites (tertiary alicyclic amines) is 1. The van der Waals surface area contributed by atoms with Crippen molar-refractivity contribution in [3.63, 3.8) is 0 Å². The summed E-state index contributed by atoms with van der Waals surface area (Å²) in [6, 6.07) is 6.20. The first-order valence-electron chi connectivity index (χ1n) is 7.54. The van der Waals surface area contributed by atoms with Gasteiger partial charge in [0.1, 0.15) is 11.6 Å². The highest BCUT2D eigenvalue weighted by Gasteiger charge is 2.38. The molecule has 1 aliphatic rings. The second kappa shape index (κ2) is 6.44. The molecule has 1 aromatic carbocycles. The number of carbonyl (C=O) groups is 1.